The van der Waals surface area contributed by atoms with E-state index in [1.165, 1.54) is 12.1 Å². The summed E-state index contributed by atoms with van der Waals surface area (Å²) in [5.41, 5.74) is 0. The highest BCUT2D eigenvalue weighted by Gasteiger charge is 2.31. The third kappa shape index (κ3) is 4.87. The smallest absolute Gasteiger partial charge is 0.406 e. The van der Waals surface area contributed by atoms with E-state index in [9.17, 15) is 21.6 Å². The number of nitrogens with one attached hydrogen (secondary N) is 1. The van der Waals surface area contributed by atoms with Gasteiger partial charge in [-0.2, -0.15) is 0 Å². The molecule has 0 unspecified atom stereocenters. The summed E-state index contributed by atoms with van der Waals surface area (Å²) >= 11 is 0. The van der Waals surface area contributed by atoms with E-state index in [1.807, 2.05) is 0 Å². The van der Waals surface area contributed by atoms with Crippen LogP contribution in [-0.2, 0) is 14.8 Å². The molecule has 1 aliphatic heterocycles. The average Bonchev–Trinajstić information content (AvgIpc) is 2.88. The second-order valence-corrected chi connectivity index (χ2v) is 6.28. The Morgan fingerprint density at radius 1 is 1.38 bits per heavy atom. The molecular weight excluding hydrogens is 311 g/mol. The highest BCUT2D eigenvalue weighted by atomic mass is 32.2. The Kier molecular flexibility index (Phi) is 4.74. The lowest BCUT2D eigenvalue weighted by atomic mass is 10.2. The van der Waals surface area contributed by atoms with Gasteiger partial charge in [-0.1, -0.05) is 6.07 Å². The van der Waals surface area contributed by atoms with Gasteiger partial charge in [-0.25, -0.2) is 13.1 Å². The van der Waals surface area contributed by atoms with Crippen LogP contribution < -0.4 is 9.46 Å². The van der Waals surface area contributed by atoms with Crippen LogP contribution in [0.2, 0.25) is 0 Å². The van der Waals surface area contributed by atoms with Gasteiger partial charge in [0.25, 0.3) is 0 Å². The van der Waals surface area contributed by atoms with Crippen molar-refractivity contribution in [2.45, 2.75) is 30.2 Å². The summed E-state index contributed by atoms with van der Waals surface area (Å²) in [6, 6.07) is 4.24. The standard InChI is InChI=1S/C12H14F3NO4S/c13-12(14,15)20-9-3-1-5-11(7-9)21(17,18)16-8-10-4-2-6-19-10/h1,3,5,7,10,16H,2,4,6,8H2/t10-/m1/s1. The Morgan fingerprint density at radius 2 is 2.14 bits per heavy atom. The predicted molar refractivity (Wildman–Crippen MR) is 67.3 cm³/mol. The van der Waals surface area contributed by atoms with Gasteiger partial charge in [-0.05, 0) is 25.0 Å². The van der Waals surface area contributed by atoms with Gasteiger partial charge in [0.2, 0.25) is 10.0 Å². The summed E-state index contributed by atoms with van der Waals surface area (Å²) in [5, 5.41) is 0. The monoisotopic (exact) mass is 325 g/mol. The Morgan fingerprint density at radius 3 is 2.76 bits per heavy atom. The van der Waals surface area contributed by atoms with Crippen molar-refractivity contribution in [1.29, 1.82) is 0 Å². The summed E-state index contributed by atoms with van der Waals surface area (Å²) in [4.78, 5) is -0.290. The number of sulfonamides is 1. The largest absolute Gasteiger partial charge is 0.573 e. The molecular formula is C12H14F3NO4S. The summed E-state index contributed by atoms with van der Waals surface area (Å²) in [5.74, 6) is -0.581. The molecule has 21 heavy (non-hydrogen) atoms. The minimum atomic E-state index is -4.87. The van der Waals surface area contributed by atoms with Gasteiger partial charge in [-0.15, -0.1) is 13.2 Å². The maximum Gasteiger partial charge on any atom is 0.573 e. The molecule has 0 saturated carbocycles. The Balaban J connectivity index is 2.06. The molecule has 118 valence electrons. The molecule has 0 aromatic heterocycles. The molecule has 0 radical (unpaired) electrons. The van der Waals surface area contributed by atoms with Crippen molar-refractivity contribution in [3.05, 3.63) is 24.3 Å². The van der Waals surface area contributed by atoms with Crippen LogP contribution in [0.3, 0.4) is 0 Å². The summed E-state index contributed by atoms with van der Waals surface area (Å²) < 4.78 is 71.7. The Hall–Kier alpha value is -1.32. The predicted octanol–water partition coefficient (Wildman–Crippen LogP) is 2.04. The molecule has 1 aromatic rings. The fourth-order valence-electron chi connectivity index (χ4n) is 1.93. The van der Waals surface area contributed by atoms with Crippen molar-refractivity contribution in [2.75, 3.05) is 13.2 Å². The molecule has 1 saturated heterocycles. The highest BCUT2D eigenvalue weighted by molar-refractivity contribution is 7.89. The molecule has 9 heteroatoms. The number of halogens is 3. The molecule has 5 nitrogen and oxygen atoms in total. The van der Waals surface area contributed by atoms with Crippen molar-refractivity contribution in [1.82, 2.24) is 4.72 Å². The zero-order chi connectivity index (χ0) is 15.5. The van der Waals surface area contributed by atoms with Gasteiger partial charge in [0.05, 0.1) is 11.0 Å². The second kappa shape index (κ2) is 6.20. The van der Waals surface area contributed by atoms with Gasteiger partial charge >= 0.3 is 6.36 Å². The van der Waals surface area contributed by atoms with E-state index in [0.717, 1.165) is 25.0 Å². The normalized spacial score (nSPS) is 19.7. The van der Waals surface area contributed by atoms with Gasteiger partial charge in [0.1, 0.15) is 5.75 Å². The van der Waals surface area contributed by atoms with Crippen molar-refractivity contribution in [3.8, 4) is 5.75 Å². The molecule has 0 aliphatic carbocycles. The van der Waals surface area contributed by atoms with E-state index >= 15 is 0 Å². The minimum absolute atomic E-state index is 0.0900. The SMILES string of the molecule is O=S(=O)(NC[C@H]1CCCO1)c1cccc(OC(F)(F)F)c1. The van der Waals surface area contributed by atoms with Crippen molar-refractivity contribution >= 4 is 10.0 Å². The molecule has 1 aliphatic rings. The number of hydrogen-bond acceptors (Lipinski definition) is 4. The van der Waals surface area contributed by atoms with Gasteiger partial charge in [-0.3, -0.25) is 0 Å². The number of ether oxygens (including phenoxy) is 2. The van der Waals surface area contributed by atoms with E-state index < -0.39 is 22.1 Å². The van der Waals surface area contributed by atoms with Crippen LogP contribution in [-0.4, -0.2) is 34.0 Å². The van der Waals surface area contributed by atoms with Crippen LogP contribution in [0.25, 0.3) is 0 Å². The van der Waals surface area contributed by atoms with E-state index in [-0.39, 0.29) is 17.5 Å². The zero-order valence-electron chi connectivity index (χ0n) is 10.9. The fourth-order valence-corrected chi connectivity index (χ4v) is 3.03. The highest BCUT2D eigenvalue weighted by Crippen LogP contribution is 2.25. The summed E-state index contributed by atoms with van der Waals surface area (Å²) in [7, 11) is -3.90. The van der Waals surface area contributed by atoms with Crippen molar-refractivity contribution < 1.29 is 31.1 Å². The first-order valence-electron chi connectivity index (χ1n) is 6.23. The number of rotatable bonds is 5. The molecule has 0 spiro atoms. The lowest BCUT2D eigenvalue weighted by molar-refractivity contribution is -0.274. The first kappa shape index (κ1) is 16.1. The van der Waals surface area contributed by atoms with E-state index in [0.29, 0.717) is 6.61 Å². The topological polar surface area (TPSA) is 64.6 Å². The molecule has 1 heterocycles. The molecule has 1 fully saturated rings. The maximum absolute atomic E-state index is 12.1. The summed E-state index contributed by atoms with van der Waals surface area (Å²) in [6.45, 7) is 0.675. The van der Waals surface area contributed by atoms with E-state index in [1.54, 1.807) is 0 Å². The lowest BCUT2D eigenvalue weighted by Crippen LogP contribution is -2.31. The van der Waals surface area contributed by atoms with Crippen LogP contribution in [0.15, 0.2) is 29.2 Å². The van der Waals surface area contributed by atoms with Crippen LogP contribution in [0.4, 0.5) is 13.2 Å². The molecule has 1 N–H and O–H groups in total. The number of benzene rings is 1. The zero-order valence-corrected chi connectivity index (χ0v) is 11.7. The van der Waals surface area contributed by atoms with Crippen LogP contribution >= 0.6 is 0 Å². The molecule has 0 amide bonds. The van der Waals surface area contributed by atoms with Gasteiger partial charge in [0.15, 0.2) is 0 Å². The average molecular weight is 325 g/mol. The number of hydrogen-bond donors (Lipinski definition) is 1. The Bertz CT molecular complexity index is 582. The third-order valence-electron chi connectivity index (χ3n) is 2.87. The fraction of sp³-hybridized carbons (Fsp3) is 0.500. The lowest BCUT2D eigenvalue weighted by Gasteiger charge is -2.13. The second-order valence-electron chi connectivity index (χ2n) is 4.51. The molecule has 0 bridgehead atoms. The Labute approximate surface area is 120 Å². The first-order valence-corrected chi connectivity index (χ1v) is 7.72. The van der Waals surface area contributed by atoms with Crippen molar-refractivity contribution in [2.24, 2.45) is 0 Å². The molecule has 1 aromatic carbocycles. The van der Waals surface area contributed by atoms with Crippen molar-refractivity contribution in [3.63, 3.8) is 0 Å². The minimum Gasteiger partial charge on any atom is -0.406 e. The summed E-state index contributed by atoms with van der Waals surface area (Å²) in [6.07, 6.45) is -3.46. The van der Waals surface area contributed by atoms with Crippen LogP contribution in [0.1, 0.15) is 12.8 Å². The van der Waals surface area contributed by atoms with Crippen LogP contribution in [0, 0.1) is 0 Å². The van der Waals surface area contributed by atoms with Gasteiger partial charge < -0.3 is 9.47 Å². The molecule has 2 rings (SSSR count). The maximum atomic E-state index is 12.1. The molecule has 1 atom stereocenters. The van der Waals surface area contributed by atoms with E-state index in [2.05, 4.69) is 9.46 Å². The third-order valence-corrected chi connectivity index (χ3v) is 4.30. The van der Waals surface area contributed by atoms with E-state index in [4.69, 9.17) is 4.74 Å². The van der Waals surface area contributed by atoms with Gasteiger partial charge in [0, 0.05) is 19.2 Å². The first-order chi connectivity index (χ1) is 9.76. The van der Waals surface area contributed by atoms with Crippen LogP contribution in [0.5, 0.6) is 5.75 Å². The number of alkyl halides is 3. The quantitative estimate of drug-likeness (QED) is 0.900.